The molecule has 14 heteroatoms. The summed E-state index contributed by atoms with van der Waals surface area (Å²) in [4.78, 5) is 52.1. The first-order chi connectivity index (χ1) is 27.6. The van der Waals surface area contributed by atoms with Crippen LogP contribution >= 0.6 is 0 Å². The molecule has 2 amide bonds. The van der Waals surface area contributed by atoms with E-state index in [0.717, 1.165) is 6.42 Å². The third kappa shape index (κ3) is 9.20. The number of carbonyl (C=O) groups is 4. The largest absolute Gasteiger partial charge is 0.481 e. The number of carbonyl (C=O) groups excluding carboxylic acids is 3. The van der Waals surface area contributed by atoms with Crippen molar-refractivity contribution in [2.24, 2.45) is 41.4 Å². The van der Waals surface area contributed by atoms with E-state index in [4.69, 9.17) is 23.7 Å². The fourth-order valence-electron chi connectivity index (χ4n) is 11.0. The third-order valence-corrected chi connectivity index (χ3v) is 15.2. The van der Waals surface area contributed by atoms with Crippen LogP contribution in [-0.2, 0) is 42.9 Å². The Morgan fingerprint density at radius 3 is 2.14 bits per heavy atom. The zero-order valence-corrected chi connectivity index (χ0v) is 37.3. The summed E-state index contributed by atoms with van der Waals surface area (Å²) in [7, 11) is 1.39. The van der Waals surface area contributed by atoms with Gasteiger partial charge in [-0.05, 0) is 89.5 Å². The lowest BCUT2D eigenvalue weighted by Crippen LogP contribution is -2.66. The van der Waals surface area contributed by atoms with E-state index in [2.05, 4.69) is 24.5 Å². The molecule has 4 fully saturated rings. The lowest BCUT2D eigenvalue weighted by atomic mass is 9.72. The molecule has 5 aliphatic heterocycles. The molecule has 0 saturated carbocycles. The minimum Gasteiger partial charge on any atom is -0.481 e. The first-order valence-electron chi connectivity index (χ1n) is 22.4. The van der Waals surface area contributed by atoms with Crippen molar-refractivity contribution in [1.82, 2.24) is 10.6 Å². The number of ether oxygens (including phenoxy) is 5. The van der Waals surface area contributed by atoms with Crippen molar-refractivity contribution < 1.29 is 58.2 Å². The van der Waals surface area contributed by atoms with E-state index in [1.807, 2.05) is 48.5 Å². The summed E-state index contributed by atoms with van der Waals surface area (Å²) in [6.45, 7) is 19.3. The topological polar surface area (TPSA) is 199 Å². The maximum atomic E-state index is 14.6. The van der Waals surface area contributed by atoms with Crippen molar-refractivity contribution >= 4 is 23.6 Å². The van der Waals surface area contributed by atoms with Gasteiger partial charge in [-0.3, -0.25) is 19.2 Å². The summed E-state index contributed by atoms with van der Waals surface area (Å²) >= 11 is 0. The molecule has 336 valence electrons. The first-order valence-corrected chi connectivity index (χ1v) is 22.4. The van der Waals surface area contributed by atoms with E-state index in [-0.39, 0.29) is 29.6 Å². The Kier molecular flexibility index (Phi) is 14.9. The third-order valence-electron chi connectivity index (χ3n) is 15.2. The van der Waals surface area contributed by atoms with Gasteiger partial charge in [-0.1, -0.05) is 61.5 Å². The number of amides is 2. The molecule has 5 rings (SSSR count). The molecule has 4 saturated heterocycles. The van der Waals surface area contributed by atoms with Crippen LogP contribution in [0.4, 0.5) is 0 Å². The highest BCUT2D eigenvalue weighted by atomic mass is 16.8. The molecule has 0 bridgehead atoms. The molecule has 0 aromatic heterocycles. The van der Waals surface area contributed by atoms with Gasteiger partial charge in [0.05, 0.1) is 53.7 Å². The lowest BCUT2D eigenvalue weighted by molar-refractivity contribution is -0.398. The number of hydrogen-bond acceptors (Lipinski definition) is 11. The van der Waals surface area contributed by atoms with Crippen LogP contribution < -0.4 is 10.6 Å². The molecule has 14 nitrogen and oxygen atoms in total. The smallest absolute Gasteiger partial charge is 0.309 e. The molecule has 18 atom stereocenters. The van der Waals surface area contributed by atoms with Gasteiger partial charge < -0.3 is 49.6 Å². The summed E-state index contributed by atoms with van der Waals surface area (Å²) in [5, 5.41) is 38.0. The summed E-state index contributed by atoms with van der Waals surface area (Å²) in [5.41, 5.74) is -1.81. The minimum absolute atomic E-state index is 0.0569. The number of aliphatic carboxylic acids is 1. The number of rotatable bonds is 13. The molecule has 5 heterocycles. The molecular weight excluding hydrogens is 760 g/mol. The number of hydrogen-bond donors (Lipinski definition) is 5. The molecule has 0 aliphatic carbocycles. The SMILES string of the molecule is CCC(C(=O)[C@@H](C)[C@@H](O)[C@H](C)[C@@H]1O[C@@H]([C@@H](CC)C(=O)O)CC[C@@H]1C)[C@H]1O[C@]2(C=C[C@@H](NC(=O)C(=O)NC)[C@]3(CC[C@@](C)([C@H]4CC[C@](O)(CC)[C@H](C)O4)O3)O2)[C@H](C)C[C@@H]1C. The Morgan fingerprint density at radius 1 is 0.864 bits per heavy atom. The van der Waals surface area contributed by atoms with Crippen LogP contribution in [0.15, 0.2) is 12.2 Å². The van der Waals surface area contributed by atoms with E-state index in [1.54, 1.807) is 19.1 Å². The maximum absolute atomic E-state index is 14.6. The van der Waals surface area contributed by atoms with E-state index < -0.39 is 101 Å². The average molecular weight is 835 g/mol. The van der Waals surface area contributed by atoms with Crippen LogP contribution in [0.25, 0.3) is 0 Å². The van der Waals surface area contributed by atoms with Gasteiger partial charge in [-0.25, -0.2) is 0 Å². The fourth-order valence-corrected chi connectivity index (χ4v) is 11.0. The van der Waals surface area contributed by atoms with Crippen molar-refractivity contribution in [3.05, 3.63) is 12.2 Å². The minimum atomic E-state index is -1.46. The molecule has 0 radical (unpaired) electrons. The monoisotopic (exact) mass is 835 g/mol. The second-order valence-corrected chi connectivity index (χ2v) is 19.0. The Morgan fingerprint density at radius 2 is 1.54 bits per heavy atom. The number of carboxylic acids is 1. The zero-order chi connectivity index (χ0) is 43.8. The highest BCUT2D eigenvalue weighted by molar-refractivity contribution is 6.35. The van der Waals surface area contributed by atoms with E-state index in [1.165, 1.54) is 7.05 Å². The number of likely N-dealkylation sites (N-methyl/N-ethyl adjacent to an activating group) is 1. The number of ketones is 1. The molecule has 0 aromatic carbocycles. The second kappa shape index (κ2) is 18.5. The highest BCUT2D eigenvalue weighted by Crippen LogP contribution is 2.54. The van der Waals surface area contributed by atoms with Crippen LogP contribution in [0.5, 0.6) is 0 Å². The Hall–Kier alpha value is -2.46. The standard InChI is InChI=1S/C45H74N2O12/c1-12-30(41(52)53)32-16-15-24(4)37(56-32)28(8)35(48)27(7)36(49)31(13-2)38-25(5)23-26(6)44(57-38)20-17-33(47-40(51)39(50)46-11)45(59-44)22-21-42(10,58-45)34-18-19-43(54,14-3)29(9)55-34/h17,20,24-35,37-38,48,54H,12-16,18-19,21-23H2,1-11H3,(H,46,50)(H,47,51)(H,52,53)/t24-,25-,26+,27-,28-,29-,30+,31?,32+,33+,34+,35+,37+,38-,42-,43+,44-,45-/m0/s1. The predicted octanol–water partition coefficient (Wildman–Crippen LogP) is 5.06. The number of aliphatic hydroxyl groups excluding tert-OH is 1. The van der Waals surface area contributed by atoms with Crippen molar-refractivity contribution in [2.45, 2.75) is 199 Å². The van der Waals surface area contributed by atoms with Crippen LogP contribution in [0.3, 0.4) is 0 Å². The van der Waals surface area contributed by atoms with Crippen molar-refractivity contribution in [3.63, 3.8) is 0 Å². The Labute approximate surface area is 351 Å². The van der Waals surface area contributed by atoms with Crippen LogP contribution in [0, 0.1) is 41.4 Å². The van der Waals surface area contributed by atoms with Crippen LogP contribution in [0.2, 0.25) is 0 Å². The molecular formula is C45H74N2O12. The number of Topliss-reactive ketones (excluding diaryl/α,β-unsaturated/α-hetero) is 1. The van der Waals surface area contributed by atoms with Gasteiger partial charge in [0.15, 0.2) is 11.6 Å². The van der Waals surface area contributed by atoms with Gasteiger partial charge in [0.2, 0.25) is 0 Å². The van der Waals surface area contributed by atoms with Gasteiger partial charge in [-0.15, -0.1) is 0 Å². The summed E-state index contributed by atoms with van der Waals surface area (Å²) in [6.07, 6.45) is 5.70. The highest BCUT2D eigenvalue weighted by Gasteiger charge is 2.63. The second-order valence-electron chi connectivity index (χ2n) is 19.0. The number of aliphatic hydroxyl groups is 2. The zero-order valence-electron chi connectivity index (χ0n) is 37.3. The molecule has 1 unspecified atom stereocenters. The molecule has 2 spiro atoms. The van der Waals surface area contributed by atoms with Crippen LogP contribution in [0.1, 0.15) is 133 Å². The van der Waals surface area contributed by atoms with Gasteiger partial charge >= 0.3 is 17.8 Å². The van der Waals surface area contributed by atoms with Crippen molar-refractivity contribution in [2.75, 3.05) is 7.05 Å². The quantitative estimate of drug-likeness (QED) is 0.122. The van der Waals surface area contributed by atoms with E-state index in [0.29, 0.717) is 57.8 Å². The van der Waals surface area contributed by atoms with Crippen molar-refractivity contribution in [1.29, 1.82) is 0 Å². The average Bonchev–Trinajstić information content (AvgIpc) is 3.55. The Balaban J connectivity index is 1.39. The maximum Gasteiger partial charge on any atom is 0.309 e. The number of nitrogens with one attached hydrogen (secondary N) is 2. The normalized spacial score (nSPS) is 42.4. The molecule has 59 heavy (non-hydrogen) atoms. The fraction of sp³-hybridized carbons (Fsp3) is 0.867. The molecule has 5 aliphatic rings. The summed E-state index contributed by atoms with van der Waals surface area (Å²) < 4.78 is 34.1. The molecule has 5 N–H and O–H groups in total. The van der Waals surface area contributed by atoms with E-state index in [9.17, 15) is 34.5 Å². The van der Waals surface area contributed by atoms with E-state index >= 15 is 0 Å². The lowest BCUT2D eigenvalue weighted by Gasteiger charge is -2.55. The summed E-state index contributed by atoms with van der Waals surface area (Å²) in [6, 6.07) is -0.866. The van der Waals surface area contributed by atoms with Crippen molar-refractivity contribution in [3.8, 4) is 0 Å². The first kappa shape index (κ1) is 47.6. The van der Waals surface area contributed by atoms with Crippen LogP contribution in [-0.4, -0.2) is 111 Å². The summed E-state index contributed by atoms with van der Waals surface area (Å²) in [5.74, 6) is -8.09. The molecule has 0 aromatic rings. The van der Waals surface area contributed by atoms with Gasteiger partial charge in [0.25, 0.3) is 0 Å². The van der Waals surface area contributed by atoms with Gasteiger partial charge in [-0.2, -0.15) is 0 Å². The van der Waals surface area contributed by atoms with Gasteiger partial charge in [0, 0.05) is 37.1 Å². The number of carboxylic acid groups (broad SMARTS) is 1. The van der Waals surface area contributed by atoms with Gasteiger partial charge in [0.1, 0.15) is 11.8 Å². The predicted molar refractivity (Wildman–Crippen MR) is 219 cm³/mol. The Bertz CT molecular complexity index is 1560.